The Balaban J connectivity index is 2.15. The number of rotatable bonds is 3. The first-order valence-electron chi connectivity index (χ1n) is 5.68. The average molecular weight is 236 g/mol. The number of aromatic nitrogens is 2. The molecular weight excluding hydrogens is 220 g/mol. The van der Waals surface area contributed by atoms with Gasteiger partial charge >= 0.3 is 0 Å². The van der Waals surface area contributed by atoms with Crippen molar-refractivity contribution in [3.05, 3.63) is 18.6 Å². The Morgan fingerprint density at radius 1 is 1.59 bits per heavy atom. The molecule has 1 aliphatic rings. The van der Waals surface area contributed by atoms with Gasteiger partial charge in [-0.3, -0.25) is 9.63 Å². The van der Waals surface area contributed by atoms with Gasteiger partial charge in [0.05, 0.1) is 7.11 Å². The summed E-state index contributed by atoms with van der Waals surface area (Å²) in [7, 11) is 1.44. The topological polar surface area (TPSA) is 67.3 Å². The SMILES string of the molecule is CONC(=O)C1CCCCN1c1ccncn1. The summed E-state index contributed by atoms with van der Waals surface area (Å²) < 4.78 is 0. The van der Waals surface area contributed by atoms with Crippen LogP contribution in [0.25, 0.3) is 0 Å². The van der Waals surface area contributed by atoms with Crippen LogP contribution in [-0.2, 0) is 9.63 Å². The Bertz CT molecular complexity index is 371. The second-order valence-corrected chi connectivity index (χ2v) is 3.94. The summed E-state index contributed by atoms with van der Waals surface area (Å²) in [5, 5.41) is 0. The lowest BCUT2D eigenvalue weighted by Gasteiger charge is -2.35. The molecule has 6 heteroatoms. The third-order valence-electron chi connectivity index (χ3n) is 2.87. The smallest absolute Gasteiger partial charge is 0.266 e. The predicted octanol–water partition coefficient (Wildman–Crippen LogP) is 0.513. The molecular formula is C11H16N4O2. The van der Waals surface area contributed by atoms with Gasteiger partial charge in [0.2, 0.25) is 0 Å². The van der Waals surface area contributed by atoms with E-state index in [1.54, 1.807) is 6.20 Å². The van der Waals surface area contributed by atoms with E-state index < -0.39 is 0 Å². The molecule has 2 rings (SSSR count). The molecule has 92 valence electrons. The highest BCUT2D eigenvalue weighted by Gasteiger charge is 2.29. The Morgan fingerprint density at radius 3 is 3.18 bits per heavy atom. The first-order chi connectivity index (χ1) is 8.33. The van der Waals surface area contributed by atoms with Crippen molar-refractivity contribution in [2.24, 2.45) is 0 Å². The van der Waals surface area contributed by atoms with Gasteiger partial charge < -0.3 is 4.90 Å². The molecule has 1 atom stereocenters. The van der Waals surface area contributed by atoms with Crippen LogP contribution in [0.3, 0.4) is 0 Å². The van der Waals surface area contributed by atoms with Gasteiger partial charge in [-0.25, -0.2) is 15.4 Å². The van der Waals surface area contributed by atoms with Crippen LogP contribution in [-0.4, -0.2) is 35.6 Å². The van der Waals surface area contributed by atoms with Crippen molar-refractivity contribution >= 4 is 11.7 Å². The number of hydrogen-bond acceptors (Lipinski definition) is 5. The molecule has 1 unspecified atom stereocenters. The minimum atomic E-state index is -0.210. The molecule has 1 aliphatic heterocycles. The van der Waals surface area contributed by atoms with Gasteiger partial charge in [0.1, 0.15) is 18.2 Å². The van der Waals surface area contributed by atoms with Crippen LogP contribution in [0.5, 0.6) is 0 Å². The van der Waals surface area contributed by atoms with Gasteiger partial charge in [0.15, 0.2) is 0 Å². The van der Waals surface area contributed by atoms with Crippen LogP contribution in [0.1, 0.15) is 19.3 Å². The second-order valence-electron chi connectivity index (χ2n) is 3.94. The summed E-state index contributed by atoms with van der Waals surface area (Å²) in [4.78, 5) is 26.6. The number of amides is 1. The van der Waals surface area contributed by atoms with E-state index in [1.807, 2.05) is 11.0 Å². The largest absolute Gasteiger partial charge is 0.344 e. The molecule has 1 N–H and O–H groups in total. The number of anilines is 1. The molecule has 17 heavy (non-hydrogen) atoms. The van der Waals surface area contributed by atoms with Crippen molar-refractivity contribution in [1.29, 1.82) is 0 Å². The minimum absolute atomic E-state index is 0.120. The van der Waals surface area contributed by atoms with E-state index in [9.17, 15) is 4.79 Å². The maximum atomic E-state index is 11.9. The van der Waals surface area contributed by atoms with Crippen molar-refractivity contribution in [3.63, 3.8) is 0 Å². The van der Waals surface area contributed by atoms with Gasteiger partial charge in [-0.05, 0) is 25.3 Å². The van der Waals surface area contributed by atoms with E-state index in [2.05, 4.69) is 20.3 Å². The number of hydrogen-bond donors (Lipinski definition) is 1. The van der Waals surface area contributed by atoms with Crippen molar-refractivity contribution in [3.8, 4) is 0 Å². The van der Waals surface area contributed by atoms with E-state index in [-0.39, 0.29) is 11.9 Å². The standard InChI is InChI=1S/C11H16N4O2/c1-17-14-11(16)9-4-2-3-7-15(9)10-5-6-12-8-13-10/h5-6,8-9H,2-4,7H2,1H3,(H,14,16). The monoisotopic (exact) mass is 236 g/mol. The van der Waals surface area contributed by atoms with E-state index in [0.29, 0.717) is 0 Å². The van der Waals surface area contributed by atoms with Crippen molar-refractivity contribution in [2.45, 2.75) is 25.3 Å². The maximum absolute atomic E-state index is 11.9. The first kappa shape index (κ1) is 11.8. The van der Waals surface area contributed by atoms with Crippen molar-refractivity contribution in [2.75, 3.05) is 18.6 Å². The number of hydroxylamine groups is 1. The van der Waals surface area contributed by atoms with Crippen LogP contribution < -0.4 is 10.4 Å². The number of nitrogens with one attached hydrogen (secondary N) is 1. The summed E-state index contributed by atoms with van der Waals surface area (Å²) in [5.41, 5.74) is 2.39. The van der Waals surface area contributed by atoms with E-state index in [1.165, 1.54) is 13.4 Å². The molecule has 1 aromatic heterocycles. The zero-order valence-corrected chi connectivity index (χ0v) is 9.80. The number of piperidine rings is 1. The minimum Gasteiger partial charge on any atom is -0.344 e. The zero-order chi connectivity index (χ0) is 12.1. The average Bonchev–Trinajstić information content (AvgIpc) is 2.40. The van der Waals surface area contributed by atoms with Crippen LogP contribution >= 0.6 is 0 Å². The molecule has 0 aliphatic carbocycles. The Kier molecular flexibility index (Phi) is 3.87. The highest BCUT2D eigenvalue weighted by Crippen LogP contribution is 2.22. The fourth-order valence-electron chi connectivity index (χ4n) is 2.10. The molecule has 0 spiro atoms. The third-order valence-corrected chi connectivity index (χ3v) is 2.87. The number of carbonyl (C=O) groups excluding carboxylic acids is 1. The first-order valence-corrected chi connectivity index (χ1v) is 5.68. The van der Waals surface area contributed by atoms with E-state index in [4.69, 9.17) is 0 Å². The number of carbonyl (C=O) groups is 1. The maximum Gasteiger partial charge on any atom is 0.266 e. The molecule has 6 nitrogen and oxygen atoms in total. The van der Waals surface area contributed by atoms with Gasteiger partial charge in [0.25, 0.3) is 5.91 Å². The zero-order valence-electron chi connectivity index (χ0n) is 9.80. The van der Waals surface area contributed by atoms with Gasteiger partial charge in [-0.1, -0.05) is 0 Å². The van der Waals surface area contributed by atoms with Crippen LogP contribution in [0.2, 0.25) is 0 Å². The lowest BCUT2D eigenvalue weighted by atomic mass is 10.0. The predicted molar refractivity (Wildman–Crippen MR) is 62.2 cm³/mol. The van der Waals surface area contributed by atoms with Crippen LogP contribution in [0, 0.1) is 0 Å². The molecule has 1 amide bonds. The van der Waals surface area contributed by atoms with Gasteiger partial charge in [-0.15, -0.1) is 0 Å². The number of nitrogens with zero attached hydrogens (tertiary/aromatic N) is 3. The Hall–Kier alpha value is -1.69. The molecule has 0 radical (unpaired) electrons. The second kappa shape index (κ2) is 5.58. The summed E-state index contributed by atoms with van der Waals surface area (Å²) in [6, 6.07) is 1.61. The Labute approximate surface area is 100.0 Å². The summed E-state index contributed by atoms with van der Waals surface area (Å²) in [5.74, 6) is 0.668. The molecule has 1 saturated heterocycles. The molecule has 0 aromatic carbocycles. The van der Waals surface area contributed by atoms with Crippen molar-refractivity contribution < 1.29 is 9.63 Å². The molecule has 2 heterocycles. The quantitative estimate of drug-likeness (QED) is 0.775. The lowest BCUT2D eigenvalue weighted by Crippen LogP contribution is -2.49. The lowest BCUT2D eigenvalue weighted by molar-refractivity contribution is -0.133. The normalized spacial score (nSPS) is 20.1. The molecule has 1 aromatic rings. The van der Waals surface area contributed by atoms with E-state index in [0.717, 1.165) is 31.6 Å². The van der Waals surface area contributed by atoms with Crippen LogP contribution in [0.15, 0.2) is 18.6 Å². The van der Waals surface area contributed by atoms with Crippen LogP contribution in [0.4, 0.5) is 5.82 Å². The molecule has 0 saturated carbocycles. The third kappa shape index (κ3) is 2.71. The fraction of sp³-hybridized carbons (Fsp3) is 0.545. The highest BCUT2D eigenvalue weighted by molar-refractivity contribution is 5.84. The molecule has 1 fully saturated rings. The summed E-state index contributed by atoms with van der Waals surface area (Å²) >= 11 is 0. The highest BCUT2D eigenvalue weighted by atomic mass is 16.6. The fourth-order valence-corrected chi connectivity index (χ4v) is 2.10. The van der Waals surface area contributed by atoms with Crippen molar-refractivity contribution in [1.82, 2.24) is 15.4 Å². The van der Waals surface area contributed by atoms with Gasteiger partial charge in [-0.2, -0.15) is 0 Å². The van der Waals surface area contributed by atoms with E-state index >= 15 is 0 Å². The molecule has 0 bridgehead atoms. The summed E-state index contributed by atoms with van der Waals surface area (Å²) in [6.45, 7) is 0.832. The Morgan fingerprint density at radius 2 is 2.47 bits per heavy atom. The summed E-state index contributed by atoms with van der Waals surface area (Å²) in [6.07, 6.45) is 6.11. The van der Waals surface area contributed by atoms with Gasteiger partial charge in [0, 0.05) is 12.7 Å².